The van der Waals surface area contributed by atoms with Gasteiger partial charge in [-0.3, -0.25) is 9.36 Å². The Morgan fingerprint density at radius 3 is 2.48 bits per heavy atom. The summed E-state index contributed by atoms with van der Waals surface area (Å²) in [5.74, 6) is 0.363. The van der Waals surface area contributed by atoms with Crippen LogP contribution in [0.15, 0.2) is 58.3 Å². The first-order chi connectivity index (χ1) is 14.9. The van der Waals surface area contributed by atoms with Gasteiger partial charge in [0.25, 0.3) is 5.56 Å². The zero-order chi connectivity index (χ0) is 22.1. The van der Waals surface area contributed by atoms with E-state index in [4.69, 9.17) is 19.3 Å². The molecule has 9 heteroatoms. The van der Waals surface area contributed by atoms with Crippen molar-refractivity contribution in [2.45, 2.75) is 18.9 Å². The number of aromatic nitrogens is 2. The Hall–Kier alpha value is -4.01. The van der Waals surface area contributed by atoms with Gasteiger partial charge in [0, 0.05) is 6.07 Å². The minimum absolute atomic E-state index is 0.359. The monoisotopic (exact) mass is 424 g/mol. The lowest BCUT2D eigenvalue weighted by Crippen LogP contribution is -2.42. The summed E-state index contributed by atoms with van der Waals surface area (Å²) in [6.07, 6.45) is 0.675. The molecule has 4 rings (SSSR count). The molecular formula is C22H20N2O7. The average molecular weight is 424 g/mol. The lowest BCUT2D eigenvalue weighted by Gasteiger charge is -2.18. The number of carbonyl (C=O) groups is 1. The average Bonchev–Trinajstić information content (AvgIpc) is 3.19. The highest BCUT2D eigenvalue weighted by atomic mass is 16.7. The molecule has 160 valence electrons. The van der Waals surface area contributed by atoms with Gasteiger partial charge >= 0.3 is 11.8 Å². The van der Waals surface area contributed by atoms with Crippen molar-refractivity contribution in [3.8, 4) is 22.9 Å². The third-order valence-corrected chi connectivity index (χ3v) is 5.34. The molecule has 0 spiro atoms. The molecule has 9 nitrogen and oxygen atoms in total. The van der Waals surface area contributed by atoms with Crippen LogP contribution in [-0.2, 0) is 6.42 Å². The Balaban J connectivity index is 1.96. The molecule has 0 saturated carbocycles. The topological polar surface area (TPSA) is 109 Å². The van der Waals surface area contributed by atoms with Crippen LogP contribution in [0.1, 0.15) is 23.6 Å². The van der Waals surface area contributed by atoms with Crippen LogP contribution in [0, 0.1) is 0 Å². The molecule has 0 bridgehead atoms. The van der Waals surface area contributed by atoms with Gasteiger partial charge in [0.15, 0.2) is 11.5 Å². The molecule has 0 fully saturated rings. The summed E-state index contributed by atoms with van der Waals surface area (Å²) in [4.78, 5) is 37.7. The van der Waals surface area contributed by atoms with Crippen LogP contribution >= 0.6 is 0 Å². The number of fused-ring (bicyclic) bond motifs is 1. The second-order valence-corrected chi connectivity index (χ2v) is 6.98. The first-order valence-corrected chi connectivity index (χ1v) is 9.53. The van der Waals surface area contributed by atoms with Crippen molar-refractivity contribution < 1.29 is 24.1 Å². The molecule has 1 unspecified atom stereocenters. The van der Waals surface area contributed by atoms with E-state index in [9.17, 15) is 14.4 Å². The van der Waals surface area contributed by atoms with Crippen molar-refractivity contribution in [2.24, 2.45) is 0 Å². The lowest BCUT2D eigenvalue weighted by atomic mass is 10.1. The highest BCUT2D eigenvalue weighted by Gasteiger charge is 2.29. The highest BCUT2D eigenvalue weighted by Crippen LogP contribution is 2.33. The molecule has 31 heavy (non-hydrogen) atoms. The van der Waals surface area contributed by atoms with Crippen molar-refractivity contribution in [1.82, 2.24) is 9.13 Å². The van der Waals surface area contributed by atoms with E-state index in [0.717, 1.165) is 21.9 Å². The van der Waals surface area contributed by atoms with E-state index in [-0.39, 0.29) is 0 Å². The molecule has 0 aliphatic heterocycles. The molecule has 1 aliphatic rings. The molecule has 1 N–H and O–H groups in total. The number of carboxylic acid groups (broad SMARTS) is 1. The molecule has 1 aliphatic carbocycles. The minimum atomic E-state index is -1.65. The summed E-state index contributed by atoms with van der Waals surface area (Å²) in [7, 11) is 2.94. The van der Waals surface area contributed by atoms with Crippen LogP contribution in [0.2, 0.25) is 0 Å². The molecule has 2 aromatic carbocycles. The third kappa shape index (κ3) is 3.54. The first-order valence-electron chi connectivity index (χ1n) is 9.53. The maximum absolute atomic E-state index is 13.4. The fourth-order valence-electron chi connectivity index (χ4n) is 3.95. The van der Waals surface area contributed by atoms with E-state index >= 15 is 0 Å². The number of hydrogen-bond acceptors (Lipinski definition) is 6. The number of nitrogens with zero attached hydrogens (tertiary/aromatic N) is 2. The second-order valence-electron chi connectivity index (χ2n) is 6.98. The molecule has 1 aromatic heterocycles. The van der Waals surface area contributed by atoms with Crippen molar-refractivity contribution in [2.75, 3.05) is 14.2 Å². The maximum Gasteiger partial charge on any atom is 0.511 e. The fourth-order valence-corrected chi connectivity index (χ4v) is 3.95. The molecule has 1 atom stereocenters. The number of ether oxygens (including phenoxy) is 3. The molecule has 3 aromatic rings. The van der Waals surface area contributed by atoms with E-state index in [2.05, 4.69) is 0 Å². The van der Waals surface area contributed by atoms with Crippen LogP contribution in [-0.4, -0.2) is 34.6 Å². The van der Waals surface area contributed by atoms with Crippen LogP contribution in [0.25, 0.3) is 5.69 Å². The second kappa shape index (κ2) is 8.02. The predicted molar refractivity (Wildman–Crippen MR) is 111 cm³/mol. The number of benzene rings is 2. The Labute approximate surface area is 176 Å². The highest BCUT2D eigenvalue weighted by molar-refractivity contribution is 5.61. The van der Waals surface area contributed by atoms with Crippen LogP contribution in [0.3, 0.4) is 0 Å². The molecule has 0 amide bonds. The quantitative estimate of drug-likeness (QED) is 0.627. The SMILES string of the molecule is COc1ccc(-n2cc(OC(=O)O)c(=O)n(C3CCc4ccccc43)c2=O)cc1OC. The molecule has 0 saturated heterocycles. The Bertz CT molecular complexity index is 1280. The number of aryl methyl sites for hydroxylation is 1. The largest absolute Gasteiger partial charge is 0.511 e. The van der Waals surface area contributed by atoms with Crippen LogP contribution in [0.5, 0.6) is 17.2 Å². The van der Waals surface area contributed by atoms with E-state index in [1.807, 2.05) is 24.3 Å². The molecule has 0 radical (unpaired) electrons. The predicted octanol–water partition coefficient (Wildman–Crippen LogP) is 2.61. The summed E-state index contributed by atoms with van der Waals surface area (Å²) < 4.78 is 17.5. The summed E-state index contributed by atoms with van der Waals surface area (Å²) in [6.45, 7) is 0. The first kappa shape index (κ1) is 20.3. The van der Waals surface area contributed by atoms with E-state index < -0.39 is 29.2 Å². The van der Waals surface area contributed by atoms with Gasteiger partial charge < -0.3 is 19.3 Å². The maximum atomic E-state index is 13.4. The zero-order valence-electron chi connectivity index (χ0n) is 16.9. The Kier molecular flexibility index (Phi) is 5.24. The van der Waals surface area contributed by atoms with Crippen molar-refractivity contribution in [3.05, 3.63) is 80.6 Å². The van der Waals surface area contributed by atoms with E-state index in [0.29, 0.717) is 30.0 Å². The zero-order valence-corrected chi connectivity index (χ0v) is 16.9. The van der Waals surface area contributed by atoms with Gasteiger partial charge in [0.05, 0.1) is 32.1 Å². The van der Waals surface area contributed by atoms with Crippen LogP contribution < -0.4 is 25.5 Å². The molecular weight excluding hydrogens is 404 g/mol. The Morgan fingerprint density at radius 1 is 1.03 bits per heavy atom. The van der Waals surface area contributed by atoms with Gasteiger partial charge in [-0.15, -0.1) is 0 Å². The van der Waals surface area contributed by atoms with Gasteiger partial charge in [0.1, 0.15) is 0 Å². The van der Waals surface area contributed by atoms with Gasteiger partial charge in [0.2, 0.25) is 5.75 Å². The fraction of sp³-hybridized carbons (Fsp3) is 0.227. The van der Waals surface area contributed by atoms with Gasteiger partial charge in [-0.2, -0.15) is 0 Å². The van der Waals surface area contributed by atoms with Crippen molar-refractivity contribution in [3.63, 3.8) is 0 Å². The van der Waals surface area contributed by atoms with Gasteiger partial charge in [-0.1, -0.05) is 24.3 Å². The summed E-state index contributed by atoms with van der Waals surface area (Å²) in [6, 6.07) is 11.8. The standard InChI is InChI=1S/C22H20N2O7/c1-29-17-10-8-14(11-18(17)30-2)23-12-19(31-22(27)28)20(25)24(21(23)26)16-9-7-13-5-3-4-6-15(13)16/h3-6,8,10-12,16H,7,9H2,1-2H3,(H,27,28). The van der Waals surface area contributed by atoms with E-state index in [1.165, 1.54) is 18.8 Å². The summed E-state index contributed by atoms with van der Waals surface area (Å²) in [5.41, 5.74) is 0.842. The Morgan fingerprint density at radius 2 is 1.77 bits per heavy atom. The number of rotatable bonds is 5. The van der Waals surface area contributed by atoms with Crippen molar-refractivity contribution >= 4 is 6.16 Å². The minimum Gasteiger partial charge on any atom is -0.493 e. The smallest absolute Gasteiger partial charge is 0.493 e. The number of methoxy groups -OCH3 is 2. The lowest BCUT2D eigenvalue weighted by molar-refractivity contribution is 0.143. The van der Waals surface area contributed by atoms with Crippen LogP contribution in [0.4, 0.5) is 4.79 Å². The summed E-state index contributed by atoms with van der Waals surface area (Å²) >= 11 is 0. The third-order valence-electron chi connectivity index (χ3n) is 5.34. The van der Waals surface area contributed by atoms with Gasteiger partial charge in [-0.05, 0) is 36.1 Å². The van der Waals surface area contributed by atoms with Crippen molar-refractivity contribution in [1.29, 1.82) is 0 Å². The summed E-state index contributed by atoms with van der Waals surface area (Å²) in [5, 5.41) is 9.09. The molecule has 1 heterocycles. The normalized spacial score (nSPS) is 14.7. The number of hydrogen-bond donors (Lipinski definition) is 1. The van der Waals surface area contributed by atoms with E-state index in [1.54, 1.807) is 18.2 Å². The van der Waals surface area contributed by atoms with Gasteiger partial charge in [-0.25, -0.2) is 14.2 Å².